The monoisotopic (exact) mass is 307 g/mol. The molecule has 2 saturated carbocycles. The van der Waals surface area contributed by atoms with Crippen LogP contribution in [-0.4, -0.2) is 39.9 Å². The second-order valence-electron chi connectivity index (χ2n) is 8.56. The summed E-state index contributed by atoms with van der Waals surface area (Å²) >= 11 is 0. The molecule has 3 unspecified atom stereocenters. The zero-order valence-corrected chi connectivity index (χ0v) is 14.0. The van der Waals surface area contributed by atoms with Gasteiger partial charge in [-0.05, 0) is 50.9 Å². The number of rotatable bonds is 2. The number of hydrogen-bond donors (Lipinski definition) is 1. The smallest absolute Gasteiger partial charge is 0.306 e. The van der Waals surface area contributed by atoms with Crippen LogP contribution in [-0.2, 0) is 9.59 Å². The van der Waals surface area contributed by atoms with Crippen molar-refractivity contribution in [3.05, 3.63) is 0 Å². The average molecular weight is 307 g/mol. The lowest BCUT2D eigenvalue weighted by Crippen LogP contribution is -2.50. The molecule has 1 aliphatic heterocycles. The van der Waals surface area contributed by atoms with Crippen molar-refractivity contribution >= 4 is 11.8 Å². The first-order chi connectivity index (χ1) is 10.3. The summed E-state index contributed by atoms with van der Waals surface area (Å²) in [5.74, 6) is -0.121. The lowest BCUT2D eigenvalue weighted by atomic mass is 9.69. The molecule has 3 fully saturated rings. The molecule has 0 aromatic carbocycles. The highest BCUT2D eigenvalue weighted by Crippen LogP contribution is 2.47. The lowest BCUT2D eigenvalue weighted by Gasteiger charge is -2.45. The van der Waals surface area contributed by atoms with Gasteiger partial charge in [0.2, 0.25) is 0 Å². The van der Waals surface area contributed by atoms with Gasteiger partial charge in [0.1, 0.15) is 5.78 Å². The minimum absolute atomic E-state index is 0.110. The predicted octanol–water partition coefficient (Wildman–Crippen LogP) is 3.10. The van der Waals surface area contributed by atoms with Gasteiger partial charge in [-0.1, -0.05) is 13.8 Å². The number of nitrogens with zero attached hydrogens (tertiary/aromatic N) is 1. The molecule has 0 amide bonds. The predicted molar refractivity (Wildman–Crippen MR) is 84.6 cm³/mol. The Labute approximate surface area is 133 Å². The minimum atomic E-state index is -0.639. The summed E-state index contributed by atoms with van der Waals surface area (Å²) in [7, 11) is 0. The molecule has 0 spiro atoms. The number of carbonyl (C=O) groups is 2. The summed E-state index contributed by atoms with van der Waals surface area (Å²) in [6.45, 7) is 6.68. The number of aliphatic carboxylic acids is 1. The Morgan fingerprint density at radius 1 is 1.23 bits per heavy atom. The highest BCUT2D eigenvalue weighted by molar-refractivity contribution is 5.83. The summed E-state index contributed by atoms with van der Waals surface area (Å²) in [5, 5.41) is 9.17. The zero-order chi connectivity index (χ0) is 16.1. The van der Waals surface area contributed by atoms with Gasteiger partial charge in [-0.3, -0.25) is 14.5 Å². The molecule has 124 valence electrons. The van der Waals surface area contributed by atoms with Crippen LogP contribution in [0, 0.1) is 17.3 Å². The summed E-state index contributed by atoms with van der Waals surface area (Å²) in [4.78, 5) is 26.2. The summed E-state index contributed by atoms with van der Waals surface area (Å²) in [5.41, 5.74) is 0.110. The molecule has 1 saturated heterocycles. The molecule has 22 heavy (non-hydrogen) atoms. The molecule has 4 heteroatoms. The van der Waals surface area contributed by atoms with Gasteiger partial charge >= 0.3 is 5.97 Å². The standard InChI is InChI=1S/C18H29NO3/c1-11-8-14-15(9-18(2,3)10-16(14)20)19(11)13-6-4-12(5-7-13)17(21)22/h11-15H,4-10H2,1-3H3,(H,21,22). The summed E-state index contributed by atoms with van der Waals surface area (Å²) in [6, 6.07) is 1.32. The molecule has 3 aliphatic rings. The molecular weight excluding hydrogens is 278 g/mol. The van der Waals surface area contributed by atoms with E-state index < -0.39 is 5.97 Å². The van der Waals surface area contributed by atoms with Crippen LogP contribution < -0.4 is 0 Å². The van der Waals surface area contributed by atoms with E-state index in [1.165, 1.54) is 0 Å². The van der Waals surface area contributed by atoms with Crippen LogP contribution in [0.4, 0.5) is 0 Å². The van der Waals surface area contributed by atoms with Crippen molar-refractivity contribution in [2.24, 2.45) is 17.3 Å². The van der Waals surface area contributed by atoms with Crippen molar-refractivity contribution in [2.45, 2.75) is 83.8 Å². The number of ketones is 1. The van der Waals surface area contributed by atoms with Crippen LogP contribution in [0.15, 0.2) is 0 Å². The number of carboxylic acid groups (broad SMARTS) is 1. The van der Waals surface area contributed by atoms with Crippen LogP contribution >= 0.6 is 0 Å². The van der Waals surface area contributed by atoms with Gasteiger partial charge in [0.15, 0.2) is 0 Å². The van der Waals surface area contributed by atoms with Gasteiger partial charge in [-0.2, -0.15) is 0 Å². The SMILES string of the molecule is CC1CC2C(=O)CC(C)(C)CC2N1C1CCC(C(=O)O)CC1. The van der Waals surface area contributed by atoms with Gasteiger partial charge in [-0.25, -0.2) is 0 Å². The Balaban J connectivity index is 1.73. The summed E-state index contributed by atoms with van der Waals surface area (Å²) < 4.78 is 0. The Bertz CT molecular complexity index is 465. The van der Waals surface area contributed by atoms with E-state index in [1.54, 1.807) is 0 Å². The molecule has 0 bridgehead atoms. The van der Waals surface area contributed by atoms with Gasteiger partial charge in [0.25, 0.3) is 0 Å². The molecule has 1 N–H and O–H groups in total. The van der Waals surface area contributed by atoms with E-state index in [4.69, 9.17) is 0 Å². The lowest BCUT2D eigenvalue weighted by molar-refractivity contribution is -0.143. The number of likely N-dealkylation sites (tertiary alicyclic amines) is 1. The fraction of sp³-hybridized carbons (Fsp3) is 0.889. The van der Waals surface area contributed by atoms with E-state index in [2.05, 4.69) is 25.7 Å². The highest BCUT2D eigenvalue weighted by Gasteiger charge is 2.51. The van der Waals surface area contributed by atoms with Gasteiger partial charge in [0.05, 0.1) is 5.92 Å². The molecule has 3 rings (SSSR count). The largest absolute Gasteiger partial charge is 0.481 e. The first-order valence-electron chi connectivity index (χ1n) is 8.81. The molecule has 0 aromatic rings. The third-order valence-electron chi connectivity index (χ3n) is 6.25. The van der Waals surface area contributed by atoms with Gasteiger partial charge < -0.3 is 5.11 Å². The normalized spacial score (nSPS) is 42.1. The van der Waals surface area contributed by atoms with E-state index in [0.717, 1.165) is 44.9 Å². The maximum atomic E-state index is 12.5. The number of fused-ring (bicyclic) bond motifs is 1. The first-order valence-corrected chi connectivity index (χ1v) is 8.81. The van der Waals surface area contributed by atoms with Gasteiger partial charge in [0, 0.05) is 30.5 Å². The van der Waals surface area contributed by atoms with Crippen molar-refractivity contribution in [1.29, 1.82) is 0 Å². The Kier molecular flexibility index (Phi) is 4.09. The van der Waals surface area contributed by atoms with Crippen molar-refractivity contribution in [3.63, 3.8) is 0 Å². The molecule has 0 radical (unpaired) electrons. The van der Waals surface area contributed by atoms with Crippen molar-refractivity contribution in [3.8, 4) is 0 Å². The van der Waals surface area contributed by atoms with E-state index in [1.807, 2.05) is 0 Å². The molecule has 0 aromatic heterocycles. The van der Waals surface area contributed by atoms with Crippen molar-refractivity contribution in [2.75, 3.05) is 0 Å². The highest BCUT2D eigenvalue weighted by atomic mass is 16.4. The zero-order valence-electron chi connectivity index (χ0n) is 14.0. The Hall–Kier alpha value is -0.900. The number of Topliss-reactive ketones (excluding diaryl/α,β-unsaturated/α-hetero) is 1. The van der Waals surface area contributed by atoms with Crippen LogP contribution in [0.5, 0.6) is 0 Å². The minimum Gasteiger partial charge on any atom is -0.481 e. The van der Waals surface area contributed by atoms with Crippen molar-refractivity contribution < 1.29 is 14.7 Å². The van der Waals surface area contributed by atoms with Crippen LogP contribution in [0.2, 0.25) is 0 Å². The van der Waals surface area contributed by atoms with Crippen LogP contribution in [0.1, 0.15) is 65.7 Å². The second kappa shape index (κ2) is 5.63. The molecule has 1 heterocycles. The number of carbonyl (C=O) groups excluding carboxylic acids is 1. The van der Waals surface area contributed by atoms with E-state index >= 15 is 0 Å². The third kappa shape index (κ3) is 2.82. The van der Waals surface area contributed by atoms with E-state index in [-0.39, 0.29) is 17.3 Å². The first kappa shape index (κ1) is 16.0. The third-order valence-corrected chi connectivity index (χ3v) is 6.25. The molecular formula is C18H29NO3. The maximum absolute atomic E-state index is 12.5. The molecule has 3 atom stereocenters. The van der Waals surface area contributed by atoms with E-state index in [9.17, 15) is 14.7 Å². The molecule has 2 aliphatic carbocycles. The second-order valence-corrected chi connectivity index (χ2v) is 8.56. The van der Waals surface area contributed by atoms with Crippen LogP contribution in [0.25, 0.3) is 0 Å². The number of hydrogen-bond acceptors (Lipinski definition) is 3. The molecule has 4 nitrogen and oxygen atoms in total. The number of carboxylic acids is 1. The Morgan fingerprint density at radius 2 is 1.86 bits per heavy atom. The van der Waals surface area contributed by atoms with Crippen molar-refractivity contribution in [1.82, 2.24) is 4.90 Å². The van der Waals surface area contributed by atoms with E-state index in [0.29, 0.717) is 23.9 Å². The summed E-state index contributed by atoms with van der Waals surface area (Å²) in [6.07, 6.45) is 6.35. The Morgan fingerprint density at radius 3 is 2.45 bits per heavy atom. The quantitative estimate of drug-likeness (QED) is 0.851. The average Bonchev–Trinajstić information content (AvgIpc) is 2.74. The van der Waals surface area contributed by atoms with Crippen LogP contribution in [0.3, 0.4) is 0 Å². The maximum Gasteiger partial charge on any atom is 0.306 e. The fourth-order valence-corrected chi connectivity index (χ4v) is 5.27. The van der Waals surface area contributed by atoms with Gasteiger partial charge in [-0.15, -0.1) is 0 Å². The fourth-order valence-electron chi connectivity index (χ4n) is 5.27. The topological polar surface area (TPSA) is 57.6 Å².